The molecule has 3 rings (SSSR count). The number of guanidine groups is 1. The fourth-order valence-corrected chi connectivity index (χ4v) is 3.07. The Bertz CT molecular complexity index is 926. The maximum Gasteiger partial charge on any atom is 0.256 e. The molecule has 1 atom stereocenters. The van der Waals surface area contributed by atoms with Crippen molar-refractivity contribution in [3.05, 3.63) is 82.9 Å². The van der Waals surface area contributed by atoms with Crippen LogP contribution in [0.5, 0.6) is 0 Å². The molecule has 0 radical (unpaired) electrons. The third kappa shape index (κ3) is 3.98. The quantitative estimate of drug-likeness (QED) is 0.556. The Balaban J connectivity index is 2.08. The van der Waals surface area contributed by atoms with Gasteiger partial charge in [0.05, 0.1) is 5.92 Å². The Labute approximate surface area is 151 Å². The van der Waals surface area contributed by atoms with Gasteiger partial charge in [-0.25, -0.2) is 0 Å². The molecule has 0 saturated carbocycles. The fraction of sp³-hybridized carbons (Fsp3) is 0.100. The van der Waals surface area contributed by atoms with Crippen molar-refractivity contribution in [1.29, 1.82) is 0 Å². The number of aliphatic imine (C=N–C) groups is 1. The molecule has 0 aliphatic carbocycles. The zero-order valence-corrected chi connectivity index (χ0v) is 14.3. The number of fused-ring (bicyclic) bond motifs is 1. The van der Waals surface area contributed by atoms with Crippen LogP contribution in [0.15, 0.2) is 71.7 Å². The van der Waals surface area contributed by atoms with Crippen molar-refractivity contribution in [2.75, 3.05) is 0 Å². The molecule has 0 bridgehead atoms. The Kier molecular flexibility index (Phi) is 5.00. The molecule has 4 nitrogen and oxygen atoms in total. The minimum Gasteiger partial charge on any atom is -0.370 e. The molecular formula is C20H18ClN3O. The number of carbonyl (C=O) groups is 1. The molecule has 0 aliphatic heterocycles. The monoisotopic (exact) mass is 351 g/mol. The number of benzene rings is 3. The van der Waals surface area contributed by atoms with Crippen LogP contribution in [0.4, 0.5) is 0 Å². The zero-order valence-electron chi connectivity index (χ0n) is 13.5. The van der Waals surface area contributed by atoms with Gasteiger partial charge in [-0.05, 0) is 40.5 Å². The lowest BCUT2D eigenvalue weighted by atomic mass is 9.88. The summed E-state index contributed by atoms with van der Waals surface area (Å²) in [5.74, 6) is -1.06. The van der Waals surface area contributed by atoms with E-state index in [2.05, 4.69) is 4.99 Å². The van der Waals surface area contributed by atoms with Crippen LogP contribution in [0.25, 0.3) is 10.8 Å². The molecule has 25 heavy (non-hydrogen) atoms. The summed E-state index contributed by atoms with van der Waals surface area (Å²) in [6.07, 6.45) is 0.487. The van der Waals surface area contributed by atoms with Crippen LogP contribution in [0.2, 0.25) is 5.02 Å². The first kappa shape index (κ1) is 17.0. The molecule has 0 spiro atoms. The molecule has 4 N–H and O–H groups in total. The van der Waals surface area contributed by atoms with Crippen molar-refractivity contribution in [1.82, 2.24) is 0 Å². The van der Waals surface area contributed by atoms with Crippen molar-refractivity contribution in [2.45, 2.75) is 12.3 Å². The molecule has 0 aliphatic rings. The van der Waals surface area contributed by atoms with Crippen molar-refractivity contribution < 1.29 is 4.79 Å². The SMILES string of the molecule is NC(N)=NC(=O)[C@H](Cc1ccc(Cl)cc1)c1cccc2ccccc12. The molecular weight excluding hydrogens is 334 g/mol. The van der Waals surface area contributed by atoms with Crippen molar-refractivity contribution in [3.63, 3.8) is 0 Å². The number of rotatable bonds is 4. The third-order valence-electron chi connectivity index (χ3n) is 4.09. The van der Waals surface area contributed by atoms with Crippen LogP contribution >= 0.6 is 11.6 Å². The molecule has 3 aromatic carbocycles. The van der Waals surface area contributed by atoms with E-state index in [9.17, 15) is 4.79 Å². The fourth-order valence-electron chi connectivity index (χ4n) is 2.95. The van der Waals surface area contributed by atoms with Gasteiger partial charge in [-0.15, -0.1) is 0 Å². The number of amides is 1. The number of hydrogen-bond donors (Lipinski definition) is 2. The van der Waals surface area contributed by atoms with Crippen LogP contribution < -0.4 is 11.5 Å². The number of nitrogens with two attached hydrogens (primary N) is 2. The second-order valence-electron chi connectivity index (χ2n) is 5.83. The van der Waals surface area contributed by atoms with E-state index in [1.54, 1.807) is 0 Å². The smallest absolute Gasteiger partial charge is 0.256 e. The predicted molar refractivity (Wildman–Crippen MR) is 103 cm³/mol. The third-order valence-corrected chi connectivity index (χ3v) is 4.34. The molecule has 0 unspecified atom stereocenters. The van der Waals surface area contributed by atoms with E-state index in [-0.39, 0.29) is 11.9 Å². The zero-order chi connectivity index (χ0) is 17.8. The summed E-state index contributed by atoms with van der Waals surface area (Å²) < 4.78 is 0. The van der Waals surface area contributed by atoms with Gasteiger partial charge in [0, 0.05) is 5.02 Å². The largest absolute Gasteiger partial charge is 0.370 e. The Hall–Kier alpha value is -2.85. The maximum absolute atomic E-state index is 12.7. The van der Waals surface area contributed by atoms with Crippen LogP contribution in [0.3, 0.4) is 0 Å². The van der Waals surface area contributed by atoms with E-state index in [0.29, 0.717) is 11.4 Å². The van der Waals surface area contributed by atoms with Crippen molar-refractivity contribution in [3.8, 4) is 0 Å². The van der Waals surface area contributed by atoms with Crippen LogP contribution in [-0.2, 0) is 11.2 Å². The first-order chi connectivity index (χ1) is 12.0. The van der Waals surface area contributed by atoms with Gasteiger partial charge < -0.3 is 11.5 Å². The molecule has 0 saturated heterocycles. The lowest BCUT2D eigenvalue weighted by molar-refractivity contribution is -0.119. The Morgan fingerprint density at radius 3 is 2.36 bits per heavy atom. The number of carbonyl (C=O) groups excluding carboxylic acids is 1. The van der Waals surface area contributed by atoms with E-state index in [0.717, 1.165) is 21.9 Å². The molecule has 0 aromatic heterocycles. The lowest BCUT2D eigenvalue weighted by Gasteiger charge is -2.17. The molecule has 5 heteroatoms. The normalized spacial score (nSPS) is 11.9. The number of halogens is 1. The average molecular weight is 352 g/mol. The second-order valence-corrected chi connectivity index (χ2v) is 6.26. The van der Waals surface area contributed by atoms with Crippen LogP contribution in [0, 0.1) is 0 Å². The van der Waals surface area contributed by atoms with Gasteiger partial charge in [0.15, 0.2) is 5.96 Å². The topological polar surface area (TPSA) is 81.5 Å². The second kappa shape index (κ2) is 7.36. The van der Waals surface area contributed by atoms with Gasteiger partial charge in [-0.2, -0.15) is 4.99 Å². The highest BCUT2D eigenvalue weighted by Gasteiger charge is 2.23. The maximum atomic E-state index is 12.7. The first-order valence-electron chi connectivity index (χ1n) is 7.90. The summed E-state index contributed by atoms with van der Waals surface area (Å²) >= 11 is 5.95. The number of hydrogen-bond acceptors (Lipinski definition) is 1. The average Bonchev–Trinajstić information content (AvgIpc) is 2.60. The van der Waals surface area contributed by atoms with Gasteiger partial charge in [-0.1, -0.05) is 66.2 Å². The van der Waals surface area contributed by atoms with Crippen molar-refractivity contribution in [2.24, 2.45) is 16.5 Å². The van der Waals surface area contributed by atoms with E-state index >= 15 is 0 Å². The summed E-state index contributed by atoms with van der Waals surface area (Å²) in [6, 6.07) is 21.3. The van der Waals surface area contributed by atoms with E-state index < -0.39 is 5.92 Å². The van der Waals surface area contributed by atoms with Crippen LogP contribution in [0.1, 0.15) is 17.0 Å². The molecule has 3 aromatic rings. The van der Waals surface area contributed by atoms with Gasteiger partial charge in [-0.3, -0.25) is 4.79 Å². The summed E-state index contributed by atoms with van der Waals surface area (Å²) in [5.41, 5.74) is 12.7. The van der Waals surface area contributed by atoms with Gasteiger partial charge in [0.25, 0.3) is 5.91 Å². The Morgan fingerprint density at radius 2 is 1.64 bits per heavy atom. The summed E-state index contributed by atoms with van der Waals surface area (Å²) in [7, 11) is 0. The van der Waals surface area contributed by atoms with Gasteiger partial charge in [0.1, 0.15) is 0 Å². The van der Waals surface area contributed by atoms with E-state index in [1.165, 1.54) is 0 Å². The van der Waals surface area contributed by atoms with Gasteiger partial charge >= 0.3 is 0 Å². The lowest BCUT2D eigenvalue weighted by Crippen LogP contribution is -2.26. The number of nitrogens with zero attached hydrogens (tertiary/aromatic N) is 1. The van der Waals surface area contributed by atoms with Crippen LogP contribution in [-0.4, -0.2) is 11.9 Å². The minimum absolute atomic E-state index is 0.230. The predicted octanol–water partition coefficient (Wildman–Crippen LogP) is 3.62. The molecule has 0 heterocycles. The first-order valence-corrected chi connectivity index (χ1v) is 8.28. The van der Waals surface area contributed by atoms with Crippen molar-refractivity contribution >= 4 is 34.2 Å². The molecule has 0 fully saturated rings. The highest BCUT2D eigenvalue weighted by molar-refractivity contribution is 6.30. The highest BCUT2D eigenvalue weighted by atomic mass is 35.5. The summed E-state index contributed by atoms with van der Waals surface area (Å²) in [4.78, 5) is 16.5. The molecule has 126 valence electrons. The standard InChI is InChI=1S/C20H18ClN3O/c21-15-10-8-13(9-11-15)12-18(19(25)24-20(22)23)17-7-3-5-14-4-1-2-6-16(14)17/h1-11,18H,12H2,(H4,22,23,24,25)/t18-/m1/s1. The Morgan fingerprint density at radius 1 is 0.960 bits per heavy atom. The molecule has 1 amide bonds. The summed E-state index contributed by atoms with van der Waals surface area (Å²) in [5, 5.41) is 2.74. The van der Waals surface area contributed by atoms with E-state index in [1.807, 2.05) is 66.7 Å². The highest BCUT2D eigenvalue weighted by Crippen LogP contribution is 2.30. The summed E-state index contributed by atoms with van der Waals surface area (Å²) in [6.45, 7) is 0. The van der Waals surface area contributed by atoms with E-state index in [4.69, 9.17) is 23.1 Å². The minimum atomic E-state index is -0.477. The van der Waals surface area contributed by atoms with Gasteiger partial charge in [0.2, 0.25) is 0 Å².